The fourth-order valence-corrected chi connectivity index (χ4v) is 2.31. The summed E-state index contributed by atoms with van der Waals surface area (Å²) in [5.74, 6) is -1.05. The van der Waals surface area contributed by atoms with Gasteiger partial charge in [0.05, 0.1) is 16.9 Å². The summed E-state index contributed by atoms with van der Waals surface area (Å²) in [5.41, 5.74) is 1.19. The lowest BCUT2D eigenvalue weighted by molar-refractivity contribution is 0.0697. The fourth-order valence-electron chi connectivity index (χ4n) is 1.37. The van der Waals surface area contributed by atoms with Crippen LogP contribution in [0.3, 0.4) is 0 Å². The largest absolute Gasteiger partial charge is 0.478 e. The molecule has 1 aromatic heterocycles. The van der Waals surface area contributed by atoms with Gasteiger partial charge in [-0.2, -0.15) is 11.3 Å². The van der Waals surface area contributed by atoms with Crippen LogP contribution < -0.4 is 10.6 Å². The van der Waals surface area contributed by atoms with E-state index < -0.39 is 12.0 Å². The molecule has 19 heavy (non-hydrogen) atoms. The maximum Gasteiger partial charge on any atom is 0.335 e. The van der Waals surface area contributed by atoms with Crippen LogP contribution in [0.1, 0.15) is 10.4 Å². The van der Waals surface area contributed by atoms with Crippen molar-refractivity contribution in [3.8, 4) is 0 Å². The maximum atomic E-state index is 11.7. The molecular weight excluding hydrogens is 332 g/mol. The van der Waals surface area contributed by atoms with E-state index in [4.69, 9.17) is 5.11 Å². The van der Waals surface area contributed by atoms with Crippen molar-refractivity contribution >= 4 is 50.6 Å². The second-order valence-electron chi connectivity index (χ2n) is 3.59. The summed E-state index contributed by atoms with van der Waals surface area (Å²) >= 11 is 4.72. The average molecular weight is 341 g/mol. The Hall–Kier alpha value is -1.86. The van der Waals surface area contributed by atoms with E-state index in [2.05, 4.69) is 26.6 Å². The summed E-state index contributed by atoms with van der Waals surface area (Å²) < 4.78 is 0.609. The lowest BCUT2D eigenvalue weighted by Crippen LogP contribution is -2.19. The topological polar surface area (TPSA) is 78.4 Å². The predicted molar refractivity (Wildman–Crippen MR) is 78.1 cm³/mol. The number of urea groups is 1. The second-order valence-corrected chi connectivity index (χ2v) is 5.23. The summed E-state index contributed by atoms with van der Waals surface area (Å²) in [6, 6.07) is 5.76. The van der Waals surface area contributed by atoms with Gasteiger partial charge >= 0.3 is 12.0 Å². The number of nitrogens with one attached hydrogen (secondary N) is 2. The minimum absolute atomic E-state index is 0.106. The lowest BCUT2D eigenvalue weighted by Gasteiger charge is -2.09. The van der Waals surface area contributed by atoms with E-state index >= 15 is 0 Å². The van der Waals surface area contributed by atoms with Crippen molar-refractivity contribution in [2.75, 3.05) is 10.6 Å². The highest BCUT2D eigenvalue weighted by molar-refractivity contribution is 9.10. The van der Waals surface area contributed by atoms with Crippen LogP contribution in [0.25, 0.3) is 0 Å². The third kappa shape index (κ3) is 3.55. The number of anilines is 2. The van der Waals surface area contributed by atoms with Gasteiger partial charge in [0.25, 0.3) is 0 Å². The first kappa shape index (κ1) is 13.6. The third-order valence-electron chi connectivity index (χ3n) is 2.24. The summed E-state index contributed by atoms with van der Waals surface area (Å²) in [6.45, 7) is 0. The number of benzene rings is 1. The summed E-state index contributed by atoms with van der Waals surface area (Å²) in [7, 11) is 0. The molecule has 0 radical (unpaired) electrons. The number of aromatic carboxylic acids is 1. The highest BCUT2D eigenvalue weighted by atomic mass is 79.9. The quantitative estimate of drug-likeness (QED) is 0.793. The Labute approximate surface area is 121 Å². The summed E-state index contributed by atoms with van der Waals surface area (Å²) in [4.78, 5) is 22.6. The molecule has 0 aliphatic rings. The molecule has 0 atom stereocenters. The van der Waals surface area contributed by atoms with Gasteiger partial charge in [-0.3, -0.25) is 0 Å². The number of carboxylic acid groups (broad SMARTS) is 1. The summed E-state index contributed by atoms with van der Waals surface area (Å²) in [5, 5.41) is 17.8. The Bertz CT molecular complexity index is 613. The third-order valence-corrected chi connectivity index (χ3v) is 3.62. The Morgan fingerprint density at radius 2 is 2.00 bits per heavy atom. The van der Waals surface area contributed by atoms with Crippen molar-refractivity contribution in [3.63, 3.8) is 0 Å². The maximum absolute atomic E-state index is 11.7. The van der Waals surface area contributed by atoms with Crippen molar-refractivity contribution in [2.24, 2.45) is 0 Å². The molecule has 7 heteroatoms. The number of hydrogen-bond donors (Lipinski definition) is 3. The molecule has 0 saturated heterocycles. The normalized spacial score (nSPS) is 9.95. The number of carbonyl (C=O) groups is 2. The molecule has 0 unspecified atom stereocenters. The van der Waals surface area contributed by atoms with Crippen LogP contribution in [-0.2, 0) is 0 Å². The van der Waals surface area contributed by atoms with Crippen LogP contribution in [0.5, 0.6) is 0 Å². The average Bonchev–Trinajstić information content (AvgIpc) is 2.84. The smallest absolute Gasteiger partial charge is 0.335 e. The van der Waals surface area contributed by atoms with Crippen LogP contribution >= 0.6 is 27.3 Å². The Morgan fingerprint density at radius 1 is 1.21 bits per heavy atom. The lowest BCUT2D eigenvalue weighted by atomic mass is 10.2. The molecule has 3 N–H and O–H groups in total. The molecular formula is C12H9BrN2O3S. The molecule has 0 fully saturated rings. The molecule has 0 aliphatic heterocycles. The van der Waals surface area contributed by atoms with E-state index in [0.717, 1.165) is 0 Å². The highest BCUT2D eigenvalue weighted by Gasteiger charge is 2.10. The molecule has 0 bridgehead atoms. The minimum Gasteiger partial charge on any atom is -0.478 e. The molecule has 0 aliphatic carbocycles. The molecule has 2 rings (SSSR count). The van der Waals surface area contributed by atoms with Gasteiger partial charge in [-0.15, -0.1) is 0 Å². The van der Waals surface area contributed by atoms with E-state index in [-0.39, 0.29) is 5.56 Å². The van der Waals surface area contributed by atoms with Crippen LogP contribution in [0.4, 0.5) is 16.2 Å². The van der Waals surface area contributed by atoms with Crippen molar-refractivity contribution in [3.05, 3.63) is 45.1 Å². The first-order valence-corrected chi connectivity index (χ1v) is 6.93. The van der Waals surface area contributed by atoms with Gasteiger partial charge in [-0.25, -0.2) is 9.59 Å². The Morgan fingerprint density at radius 3 is 2.63 bits per heavy atom. The van der Waals surface area contributed by atoms with E-state index in [1.165, 1.54) is 23.5 Å². The van der Waals surface area contributed by atoms with E-state index in [1.807, 2.05) is 5.38 Å². The Kier molecular flexibility index (Phi) is 4.18. The molecule has 0 spiro atoms. The molecule has 1 aromatic carbocycles. The van der Waals surface area contributed by atoms with Crippen LogP contribution in [0, 0.1) is 0 Å². The fraction of sp³-hybridized carbons (Fsp3) is 0. The SMILES string of the molecule is O=C(Nc1ccsc1)Nc1cc(C(=O)O)ccc1Br. The molecule has 0 saturated carbocycles. The van der Waals surface area contributed by atoms with Crippen LogP contribution in [0.15, 0.2) is 39.5 Å². The number of thiophene rings is 1. The van der Waals surface area contributed by atoms with E-state index in [1.54, 1.807) is 17.5 Å². The molecule has 2 aromatic rings. The van der Waals surface area contributed by atoms with E-state index in [9.17, 15) is 9.59 Å². The van der Waals surface area contributed by atoms with Gasteiger partial charge in [0.1, 0.15) is 0 Å². The van der Waals surface area contributed by atoms with Crippen LogP contribution in [0.2, 0.25) is 0 Å². The predicted octanol–water partition coefficient (Wildman–Crippen LogP) is 3.85. The minimum atomic E-state index is -1.05. The van der Waals surface area contributed by atoms with Crippen LogP contribution in [-0.4, -0.2) is 17.1 Å². The Balaban J connectivity index is 2.11. The zero-order valence-corrected chi connectivity index (χ0v) is 11.9. The number of carboxylic acids is 1. The van der Waals surface area contributed by atoms with Gasteiger partial charge in [0.2, 0.25) is 0 Å². The standard InChI is InChI=1S/C12H9BrN2O3S/c13-9-2-1-7(11(16)17)5-10(9)15-12(18)14-8-3-4-19-6-8/h1-6H,(H,16,17)(H2,14,15,18). The van der Waals surface area contributed by atoms with Crippen molar-refractivity contribution in [2.45, 2.75) is 0 Å². The van der Waals surface area contributed by atoms with Gasteiger partial charge in [0.15, 0.2) is 0 Å². The van der Waals surface area contributed by atoms with Gasteiger partial charge in [-0.05, 0) is 45.6 Å². The number of halogens is 1. The zero-order valence-electron chi connectivity index (χ0n) is 9.51. The van der Waals surface area contributed by atoms with Gasteiger partial charge in [-0.1, -0.05) is 0 Å². The van der Waals surface area contributed by atoms with Crippen molar-refractivity contribution in [1.82, 2.24) is 0 Å². The second kappa shape index (κ2) is 5.85. The molecule has 5 nitrogen and oxygen atoms in total. The zero-order chi connectivity index (χ0) is 13.8. The molecule has 98 valence electrons. The van der Waals surface area contributed by atoms with Gasteiger partial charge in [0, 0.05) is 9.85 Å². The number of amides is 2. The number of carbonyl (C=O) groups excluding carboxylic acids is 1. The first-order chi connectivity index (χ1) is 9.06. The molecule has 2 amide bonds. The highest BCUT2D eigenvalue weighted by Crippen LogP contribution is 2.24. The molecule has 1 heterocycles. The van der Waals surface area contributed by atoms with Crippen molar-refractivity contribution < 1.29 is 14.7 Å². The monoisotopic (exact) mass is 340 g/mol. The summed E-state index contributed by atoms with van der Waals surface area (Å²) in [6.07, 6.45) is 0. The first-order valence-electron chi connectivity index (χ1n) is 5.19. The van der Waals surface area contributed by atoms with E-state index in [0.29, 0.717) is 15.8 Å². The number of hydrogen-bond acceptors (Lipinski definition) is 3. The number of rotatable bonds is 3. The van der Waals surface area contributed by atoms with Gasteiger partial charge < -0.3 is 15.7 Å². The van der Waals surface area contributed by atoms with Crippen molar-refractivity contribution in [1.29, 1.82) is 0 Å².